The van der Waals surface area contributed by atoms with Gasteiger partial charge in [-0.1, -0.05) is 0 Å². The van der Waals surface area contributed by atoms with Gasteiger partial charge in [-0.2, -0.15) is 0 Å². The molecule has 3 aromatic rings. The largest absolute Gasteiger partial charge is 0.497 e. The zero-order valence-electron chi connectivity index (χ0n) is 17.7. The third kappa shape index (κ3) is 4.66. The number of methoxy groups -OCH3 is 1. The van der Waals surface area contributed by atoms with Crippen molar-refractivity contribution in [3.05, 3.63) is 82.3 Å². The van der Waals surface area contributed by atoms with E-state index in [0.717, 1.165) is 5.69 Å². The Balaban J connectivity index is 1.42. The highest BCUT2D eigenvalue weighted by atomic mass is 16.6. The Kier molecular flexibility index (Phi) is 6.25. The number of nitrogens with zero attached hydrogens (tertiary/aromatic N) is 3. The molecule has 1 aromatic heterocycles. The van der Waals surface area contributed by atoms with Crippen LogP contribution >= 0.6 is 0 Å². The fourth-order valence-corrected chi connectivity index (χ4v) is 3.70. The van der Waals surface area contributed by atoms with Crippen LogP contribution in [0.15, 0.2) is 65.3 Å². The number of ether oxygens (including phenoxy) is 1. The first kappa shape index (κ1) is 21.2. The molecule has 166 valence electrons. The van der Waals surface area contributed by atoms with E-state index in [9.17, 15) is 14.9 Å². The van der Waals surface area contributed by atoms with Crippen molar-refractivity contribution in [2.75, 3.05) is 43.5 Å². The van der Waals surface area contributed by atoms with Crippen molar-refractivity contribution in [3.63, 3.8) is 0 Å². The van der Waals surface area contributed by atoms with E-state index in [4.69, 9.17) is 9.15 Å². The number of benzene rings is 2. The van der Waals surface area contributed by atoms with Crippen LogP contribution in [0, 0.1) is 10.1 Å². The fraction of sp³-hybridized carbons (Fsp3) is 0.261. The van der Waals surface area contributed by atoms with Crippen molar-refractivity contribution in [2.45, 2.75) is 6.54 Å². The summed E-state index contributed by atoms with van der Waals surface area (Å²) in [6, 6.07) is 15.7. The molecule has 9 nitrogen and oxygen atoms in total. The lowest BCUT2D eigenvalue weighted by molar-refractivity contribution is -0.384. The topological polar surface area (TPSA) is 101 Å². The molecule has 2 aromatic carbocycles. The Morgan fingerprint density at radius 2 is 1.88 bits per heavy atom. The minimum Gasteiger partial charge on any atom is -0.497 e. The molecule has 2 heterocycles. The zero-order valence-corrected chi connectivity index (χ0v) is 17.7. The molecule has 9 heteroatoms. The van der Waals surface area contributed by atoms with Gasteiger partial charge in [0.15, 0.2) is 0 Å². The van der Waals surface area contributed by atoms with Crippen LogP contribution in [0.25, 0.3) is 0 Å². The standard InChI is InChI=1S/C23H24N4O5/c1-31-19-7-4-17(5-8-19)23(28)26-12-10-25(11-13-26)18-6-9-22(27(29)30)21(15-18)24-16-20-3-2-14-32-20/h2-9,14-15,24H,10-13,16H2,1H3. The molecule has 1 N–H and O–H groups in total. The van der Waals surface area contributed by atoms with Crippen LogP contribution in [0.2, 0.25) is 0 Å². The van der Waals surface area contributed by atoms with Gasteiger partial charge in [0.25, 0.3) is 11.6 Å². The first-order chi connectivity index (χ1) is 15.5. The lowest BCUT2D eigenvalue weighted by Crippen LogP contribution is -2.48. The summed E-state index contributed by atoms with van der Waals surface area (Å²) in [7, 11) is 1.59. The monoisotopic (exact) mass is 436 g/mol. The van der Waals surface area contributed by atoms with Gasteiger partial charge in [-0.15, -0.1) is 0 Å². The van der Waals surface area contributed by atoms with E-state index in [2.05, 4.69) is 10.2 Å². The summed E-state index contributed by atoms with van der Waals surface area (Å²) < 4.78 is 10.4. The molecule has 0 bridgehead atoms. The van der Waals surface area contributed by atoms with Crippen LogP contribution in [-0.4, -0.2) is 49.0 Å². The molecule has 4 rings (SSSR count). The van der Waals surface area contributed by atoms with Crippen molar-refractivity contribution >= 4 is 23.0 Å². The number of nitro groups is 1. The predicted molar refractivity (Wildman–Crippen MR) is 120 cm³/mol. The number of amides is 1. The van der Waals surface area contributed by atoms with Crippen LogP contribution in [0.4, 0.5) is 17.1 Å². The average Bonchev–Trinajstić information content (AvgIpc) is 3.36. The summed E-state index contributed by atoms with van der Waals surface area (Å²) >= 11 is 0. The molecule has 1 fully saturated rings. The van der Waals surface area contributed by atoms with Crippen LogP contribution in [0.5, 0.6) is 5.75 Å². The van der Waals surface area contributed by atoms with Crippen molar-refractivity contribution in [1.29, 1.82) is 0 Å². The molecule has 0 unspecified atom stereocenters. The summed E-state index contributed by atoms with van der Waals surface area (Å²) in [4.78, 5) is 27.8. The number of piperazine rings is 1. The van der Waals surface area contributed by atoms with Crippen molar-refractivity contribution in [1.82, 2.24) is 4.90 Å². The number of furan rings is 1. The number of nitrogens with one attached hydrogen (secondary N) is 1. The highest BCUT2D eigenvalue weighted by Gasteiger charge is 2.24. The van der Waals surface area contributed by atoms with Crippen LogP contribution in [-0.2, 0) is 6.54 Å². The zero-order chi connectivity index (χ0) is 22.5. The Labute approximate surface area is 185 Å². The first-order valence-corrected chi connectivity index (χ1v) is 10.3. The molecule has 1 amide bonds. The molecule has 1 aliphatic rings. The summed E-state index contributed by atoms with van der Waals surface area (Å²) in [5, 5.41) is 14.5. The summed E-state index contributed by atoms with van der Waals surface area (Å²) in [5.74, 6) is 1.38. The van der Waals surface area contributed by atoms with Crippen LogP contribution < -0.4 is 15.0 Å². The van der Waals surface area contributed by atoms with Crippen LogP contribution in [0.3, 0.4) is 0 Å². The van der Waals surface area contributed by atoms with E-state index in [-0.39, 0.29) is 11.6 Å². The first-order valence-electron chi connectivity index (χ1n) is 10.3. The van der Waals surface area contributed by atoms with Gasteiger partial charge in [0, 0.05) is 43.5 Å². The van der Waals surface area contributed by atoms with Gasteiger partial charge in [0.1, 0.15) is 17.2 Å². The minimum atomic E-state index is -0.403. The minimum absolute atomic E-state index is 0.00799. The molecule has 0 saturated carbocycles. The lowest BCUT2D eigenvalue weighted by atomic mass is 10.1. The second-order valence-electron chi connectivity index (χ2n) is 7.40. The quantitative estimate of drug-likeness (QED) is 0.444. The Hall–Kier alpha value is -4.01. The molecular formula is C23H24N4O5. The maximum Gasteiger partial charge on any atom is 0.292 e. The Morgan fingerprint density at radius 3 is 2.50 bits per heavy atom. The summed E-state index contributed by atoms with van der Waals surface area (Å²) in [5.41, 5.74) is 1.93. The van der Waals surface area contributed by atoms with E-state index in [1.807, 2.05) is 11.0 Å². The van der Waals surface area contributed by atoms with Crippen molar-refractivity contribution in [3.8, 4) is 5.75 Å². The number of carbonyl (C=O) groups is 1. The second-order valence-corrected chi connectivity index (χ2v) is 7.40. The normalized spacial score (nSPS) is 13.7. The predicted octanol–water partition coefficient (Wildman–Crippen LogP) is 3.77. The third-order valence-electron chi connectivity index (χ3n) is 5.48. The van der Waals surface area contributed by atoms with Gasteiger partial charge >= 0.3 is 0 Å². The van der Waals surface area contributed by atoms with Gasteiger partial charge < -0.3 is 24.3 Å². The third-order valence-corrected chi connectivity index (χ3v) is 5.48. The second kappa shape index (κ2) is 9.42. The van der Waals surface area contributed by atoms with Crippen molar-refractivity contribution < 1.29 is 18.9 Å². The molecule has 32 heavy (non-hydrogen) atoms. The van der Waals surface area contributed by atoms with Crippen molar-refractivity contribution in [2.24, 2.45) is 0 Å². The number of rotatable bonds is 7. The van der Waals surface area contributed by atoms with Gasteiger partial charge in [0.05, 0.1) is 24.8 Å². The van der Waals surface area contributed by atoms with E-state index < -0.39 is 4.92 Å². The molecule has 0 spiro atoms. The van der Waals surface area contributed by atoms with Gasteiger partial charge in [-0.3, -0.25) is 14.9 Å². The van der Waals surface area contributed by atoms with Crippen LogP contribution in [0.1, 0.15) is 16.1 Å². The molecule has 0 aliphatic carbocycles. The SMILES string of the molecule is COc1ccc(C(=O)N2CCN(c3ccc([N+](=O)[O-])c(NCc4ccco4)c3)CC2)cc1. The number of hydrogen-bond donors (Lipinski definition) is 1. The van der Waals surface area contributed by atoms with E-state index in [1.54, 1.807) is 55.8 Å². The summed E-state index contributed by atoms with van der Waals surface area (Å²) in [6.07, 6.45) is 1.56. The fourth-order valence-electron chi connectivity index (χ4n) is 3.70. The lowest BCUT2D eigenvalue weighted by Gasteiger charge is -2.36. The van der Waals surface area contributed by atoms with Gasteiger partial charge in [-0.05, 0) is 48.5 Å². The number of hydrogen-bond acceptors (Lipinski definition) is 7. The highest BCUT2D eigenvalue weighted by Crippen LogP contribution is 2.30. The number of carbonyl (C=O) groups excluding carboxylic acids is 1. The maximum atomic E-state index is 12.8. The molecule has 0 radical (unpaired) electrons. The van der Waals surface area contributed by atoms with Gasteiger partial charge in [-0.25, -0.2) is 0 Å². The van der Waals surface area contributed by atoms with E-state index >= 15 is 0 Å². The average molecular weight is 436 g/mol. The Morgan fingerprint density at radius 1 is 1.12 bits per heavy atom. The van der Waals surface area contributed by atoms with E-state index in [0.29, 0.717) is 55.5 Å². The summed E-state index contributed by atoms with van der Waals surface area (Å²) in [6.45, 7) is 2.75. The maximum absolute atomic E-state index is 12.8. The molecule has 1 aliphatic heterocycles. The molecule has 0 atom stereocenters. The number of nitro benzene ring substituents is 1. The smallest absolute Gasteiger partial charge is 0.292 e. The number of anilines is 2. The van der Waals surface area contributed by atoms with E-state index in [1.165, 1.54) is 6.07 Å². The molecular weight excluding hydrogens is 412 g/mol. The van der Waals surface area contributed by atoms with Gasteiger partial charge in [0.2, 0.25) is 0 Å². The Bertz CT molecular complexity index is 1070. The highest BCUT2D eigenvalue weighted by molar-refractivity contribution is 5.94. The molecule has 1 saturated heterocycles.